The van der Waals surface area contributed by atoms with Gasteiger partial charge < -0.3 is 9.84 Å². The average molecular weight is 266 g/mol. The lowest BCUT2D eigenvalue weighted by atomic mass is 10.1. The van der Waals surface area contributed by atoms with Crippen LogP contribution < -0.4 is 4.74 Å². The number of hydrogen-bond acceptors (Lipinski definition) is 2. The van der Waals surface area contributed by atoms with Gasteiger partial charge in [0.05, 0.1) is 0 Å². The van der Waals surface area contributed by atoms with E-state index < -0.39 is 0 Å². The van der Waals surface area contributed by atoms with Crippen LogP contribution in [0.25, 0.3) is 0 Å². The molecule has 0 heterocycles. The average Bonchev–Trinajstić information content (AvgIpc) is 2.47. The molecule has 0 bridgehead atoms. The predicted octanol–water partition coefficient (Wildman–Crippen LogP) is 3.23. The molecule has 0 aliphatic heterocycles. The molecule has 2 rings (SSSR count). The van der Waals surface area contributed by atoms with Crippen molar-refractivity contribution in [1.29, 1.82) is 0 Å². The molecule has 0 spiro atoms. The number of ether oxygens (including phenoxy) is 1. The third-order valence-corrected chi connectivity index (χ3v) is 3.19. The zero-order chi connectivity index (χ0) is 14.4. The van der Waals surface area contributed by atoms with Gasteiger partial charge in [-0.05, 0) is 48.7 Å². The van der Waals surface area contributed by atoms with Crippen LogP contribution in [0.5, 0.6) is 5.75 Å². The zero-order valence-electron chi connectivity index (χ0n) is 11.8. The van der Waals surface area contributed by atoms with Gasteiger partial charge in [-0.2, -0.15) is 0 Å². The van der Waals surface area contributed by atoms with E-state index in [0.29, 0.717) is 6.61 Å². The van der Waals surface area contributed by atoms with E-state index in [0.717, 1.165) is 16.9 Å². The molecule has 0 saturated heterocycles. The SMILES string of the molecule is Cc1cccc(OCc2cccc(C#CCO)c2)c1C. The van der Waals surface area contributed by atoms with Gasteiger partial charge in [-0.3, -0.25) is 0 Å². The Hall–Kier alpha value is -2.24. The Morgan fingerprint density at radius 2 is 1.90 bits per heavy atom. The lowest BCUT2D eigenvalue weighted by Gasteiger charge is -2.11. The summed E-state index contributed by atoms with van der Waals surface area (Å²) in [5.74, 6) is 6.46. The molecule has 0 radical (unpaired) electrons. The molecule has 2 nitrogen and oxygen atoms in total. The van der Waals surface area contributed by atoms with Gasteiger partial charge in [0.1, 0.15) is 19.0 Å². The third-order valence-electron chi connectivity index (χ3n) is 3.19. The molecule has 0 saturated carbocycles. The van der Waals surface area contributed by atoms with Crippen LogP contribution in [0.1, 0.15) is 22.3 Å². The predicted molar refractivity (Wildman–Crippen MR) is 80.7 cm³/mol. The molecular formula is C18H18O2. The number of benzene rings is 2. The van der Waals surface area contributed by atoms with Gasteiger partial charge in [-0.15, -0.1) is 0 Å². The van der Waals surface area contributed by atoms with Crippen LogP contribution in [0.15, 0.2) is 42.5 Å². The molecule has 102 valence electrons. The van der Waals surface area contributed by atoms with Crippen LogP contribution in [0.2, 0.25) is 0 Å². The van der Waals surface area contributed by atoms with E-state index in [1.54, 1.807) is 0 Å². The van der Waals surface area contributed by atoms with Crippen molar-refractivity contribution in [2.75, 3.05) is 6.61 Å². The van der Waals surface area contributed by atoms with Crippen LogP contribution in [0, 0.1) is 25.7 Å². The van der Waals surface area contributed by atoms with Gasteiger partial charge >= 0.3 is 0 Å². The van der Waals surface area contributed by atoms with Crippen LogP contribution >= 0.6 is 0 Å². The maximum absolute atomic E-state index is 8.71. The van der Waals surface area contributed by atoms with Crippen LogP contribution in [0.3, 0.4) is 0 Å². The van der Waals surface area contributed by atoms with E-state index in [1.165, 1.54) is 11.1 Å². The Labute approximate surface area is 120 Å². The van der Waals surface area contributed by atoms with Gasteiger partial charge in [0.15, 0.2) is 0 Å². The molecule has 1 N–H and O–H groups in total. The molecule has 2 heteroatoms. The second-order valence-electron chi connectivity index (χ2n) is 4.65. The zero-order valence-corrected chi connectivity index (χ0v) is 11.8. The van der Waals surface area contributed by atoms with Crippen LogP contribution in [0.4, 0.5) is 0 Å². The Kier molecular flexibility index (Phi) is 4.81. The van der Waals surface area contributed by atoms with Gasteiger partial charge in [0, 0.05) is 5.56 Å². The van der Waals surface area contributed by atoms with E-state index in [1.807, 2.05) is 36.4 Å². The van der Waals surface area contributed by atoms with Crippen LogP contribution in [-0.2, 0) is 6.61 Å². The second kappa shape index (κ2) is 6.79. The molecular weight excluding hydrogens is 248 g/mol. The van der Waals surface area contributed by atoms with Crippen molar-refractivity contribution in [3.05, 3.63) is 64.7 Å². The standard InChI is InChI=1S/C18H18O2/c1-14-6-3-10-18(15(14)2)20-13-17-8-4-7-16(12-17)9-5-11-19/h3-4,6-8,10,12,19H,11,13H2,1-2H3. The molecule has 2 aromatic rings. The minimum Gasteiger partial charge on any atom is -0.489 e. The fourth-order valence-electron chi connectivity index (χ4n) is 1.92. The first kappa shape index (κ1) is 14.2. The summed E-state index contributed by atoms with van der Waals surface area (Å²) in [6.07, 6.45) is 0. The van der Waals surface area contributed by atoms with Crippen molar-refractivity contribution >= 4 is 0 Å². The van der Waals surface area contributed by atoms with Gasteiger partial charge in [-0.25, -0.2) is 0 Å². The highest BCUT2D eigenvalue weighted by molar-refractivity contribution is 5.39. The molecule has 0 fully saturated rings. The summed E-state index contributed by atoms with van der Waals surface area (Å²) in [6.45, 7) is 4.53. The summed E-state index contributed by atoms with van der Waals surface area (Å²) in [5, 5.41) is 8.71. The van der Waals surface area contributed by atoms with Crippen molar-refractivity contribution < 1.29 is 9.84 Å². The van der Waals surface area contributed by atoms with Crippen molar-refractivity contribution in [2.24, 2.45) is 0 Å². The van der Waals surface area contributed by atoms with Crippen molar-refractivity contribution in [3.8, 4) is 17.6 Å². The summed E-state index contributed by atoms with van der Waals surface area (Å²) < 4.78 is 5.87. The minimum atomic E-state index is -0.122. The van der Waals surface area contributed by atoms with E-state index >= 15 is 0 Å². The third kappa shape index (κ3) is 3.63. The van der Waals surface area contributed by atoms with E-state index in [-0.39, 0.29) is 6.61 Å². The van der Waals surface area contributed by atoms with Gasteiger partial charge in [0.2, 0.25) is 0 Å². The number of aliphatic hydroxyl groups excluding tert-OH is 1. The van der Waals surface area contributed by atoms with Crippen LogP contribution in [-0.4, -0.2) is 11.7 Å². The maximum atomic E-state index is 8.71. The summed E-state index contributed by atoms with van der Waals surface area (Å²) >= 11 is 0. The molecule has 20 heavy (non-hydrogen) atoms. The monoisotopic (exact) mass is 266 g/mol. The van der Waals surface area contributed by atoms with Crippen molar-refractivity contribution in [3.63, 3.8) is 0 Å². The highest BCUT2D eigenvalue weighted by Gasteiger charge is 2.02. The number of aliphatic hydroxyl groups is 1. The molecule has 0 aliphatic rings. The van der Waals surface area contributed by atoms with Gasteiger partial charge in [-0.1, -0.05) is 36.1 Å². The first-order valence-electron chi connectivity index (χ1n) is 6.58. The van der Waals surface area contributed by atoms with Crippen molar-refractivity contribution in [1.82, 2.24) is 0 Å². The Morgan fingerprint density at radius 1 is 1.10 bits per heavy atom. The minimum absolute atomic E-state index is 0.122. The van der Waals surface area contributed by atoms with E-state index in [9.17, 15) is 0 Å². The fraction of sp³-hybridized carbons (Fsp3) is 0.222. The summed E-state index contributed by atoms with van der Waals surface area (Å²) in [5.41, 5.74) is 4.35. The second-order valence-corrected chi connectivity index (χ2v) is 4.65. The first-order chi connectivity index (χ1) is 9.70. The quantitative estimate of drug-likeness (QED) is 0.864. The van der Waals surface area contributed by atoms with Crippen molar-refractivity contribution in [2.45, 2.75) is 20.5 Å². The Bertz CT molecular complexity index is 648. The molecule has 0 atom stereocenters. The molecule has 0 unspecified atom stereocenters. The highest BCUT2D eigenvalue weighted by atomic mass is 16.5. The lowest BCUT2D eigenvalue weighted by Crippen LogP contribution is -1.98. The van der Waals surface area contributed by atoms with Gasteiger partial charge in [0.25, 0.3) is 0 Å². The van der Waals surface area contributed by atoms with E-state index in [4.69, 9.17) is 9.84 Å². The Morgan fingerprint density at radius 3 is 2.70 bits per heavy atom. The normalized spacial score (nSPS) is 9.75. The number of aryl methyl sites for hydroxylation is 1. The summed E-state index contributed by atoms with van der Waals surface area (Å²) in [7, 11) is 0. The summed E-state index contributed by atoms with van der Waals surface area (Å²) in [6, 6.07) is 13.9. The topological polar surface area (TPSA) is 29.5 Å². The maximum Gasteiger partial charge on any atom is 0.122 e. The molecule has 2 aromatic carbocycles. The molecule has 0 aromatic heterocycles. The summed E-state index contributed by atoms with van der Waals surface area (Å²) in [4.78, 5) is 0. The number of hydrogen-bond donors (Lipinski definition) is 1. The smallest absolute Gasteiger partial charge is 0.122 e. The van der Waals surface area contributed by atoms with E-state index in [2.05, 4.69) is 31.8 Å². The fourth-order valence-corrected chi connectivity index (χ4v) is 1.92. The highest BCUT2D eigenvalue weighted by Crippen LogP contribution is 2.21. The molecule has 0 aliphatic carbocycles. The lowest BCUT2D eigenvalue weighted by molar-refractivity contribution is 0.304. The first-order valence-corrected chi connectivity index (χ1v) is 6.58. The largest absolute Gasteiger partial charge is 0.489 e. The molecule has 0 amide bonds. The Balaban J connectivity index is 2.09. The number of rotatable bonds is 3.